The Labute approximate surface area is 72.4 Å². The normalized spacial score (nSPS) is 10.8. The van der Waals surface area contributed by atoms with Gasteiger partial charge in [-0.1, -0.05) is 31.5 Å². The van der Waals surface area contributed by atoms with Crippen LogP contribution < -0.4 is 0 Å². The predicted octanol–water partition coefficient (Wildman–Crippen LogP) is 3.12. The third-order valence-electron chi connectivity index (χ3n) is 2.19. The summed E-state index contributed by atoms with van der Waals surface area (Å²) >= 11 is 0. The molecule has 1 heteroatoms. The van der Waals surface area contributed by atoms with Crippen LogP contribution in [0.25, 0.3) is 10.9 Å². The molecule has 1 heterocycles. The maximum Gasteiger partial charge on any atom is 0.0486 e. The van der Waals surface area contributed by atoms with E-state index in [1.165, 1.54) is 22.9 Å². The largest absolute Gasteiger partial charge is 0.361 e. The molecule has 0 radical (unpaired) electrons. The first-order chi connectivity index (χ1) is 5.92. The first-order valence-corrected chi connectivity index (χ1v) is 4.47. The van der Waals surface area contributed by atoms with Crippen LogP contribution in [-0.4, -0.2) is 4.98 Å². The second kappa shape index (κ2) is 3.02. The lowest BCUT2D eigenvalue weighted by molar-refractivity contribution is 0.927. The van der Waals surface area contributed by atoms with Crippen molar-refractivity contribution in [1.82, 2.24) is 4.98 Å². The van der Waals surface area contributed by atoms with Crippen LogP contribution in [0.5, 0.6) is 0 Å². The number of rotatable bonds is 2. The van der Waals surface area contributed by atoms with E-state index in [1.54, 1.807) is 0 Å². The van der Waals surface area contributed by atoms with E-state index < -0.39 is 0 Å². The van der Waals surface area contributed by atoms with E-state index in [9.17, 15) is 0 Å². The molecule has 2 aromatic rings. The lowest BCUT2D eigenvalue weighted by atomic mass is 10.1. The van der Waals surface area contributed by atoms with Crippen molar-refractivity contribution in [3.8, 4) is 0 Å². The summed E-state index contributed by atoms with van der Waals surface area (Å²) in [6, 6.07) is 8.59. The van der Waals surface area contributed by atoms with Gasteiger partial charge < -0.3 is 4.98 Å². The zero-order valence-electron chi connectivity index (χ0n) is 7.30. The fourth-order valence-corrected chi connectivity index (χ4v) is 1.63. The highest BCUT2D eigenvalue weighted by Gasteiger charge is 1.98. The Kier molecular flexibility index (Phi) is 1.86. The minimum absolute atomic E-state index is 1.16. The summed E-state index contributed by atoms with van der Waals surface area (Å²) in [6.07, 6.45) is 4.37. The van der Waals surface area contributed by atoms with E-state index in [4.69, 9.17) is 0 Å². The minimum atomic E-state index is 1.16. The van der Waals surface area contributed by atoms with Gasteiger partial charge >= 0.3 is 0 Å². The third kappa shape index (κ3) is 1.11. The third-order valence-corrected chi connectivity index (χ3v) is 2.19. The van der Waals surface area contributed by atoms with Crippen molar-refractivity contribution in [2.45, 2.75) is 19.8 Å². The van der Waals surface area contributed by atoms with Crippen molar-refractivity contribution in [2.75, 3.05) is 0 Å². The molecule has 1 aromatic carbocycles. The van der Waals surface area contributed by atoms with Gasteiger partial charge in [-0.15, -0.1) is 0 Å². The van der Waals surface area contributed by atoms with Crippen LogP contribution in [0.1, 0.15) is 18.9 Å². The van der Waals surface area contributed by atoms with Crippen molar-refractivity contribution >= 4 is 10.9 Å². The topological polar surface area (TPSA) is 15.8 Å². The highest BCUT2D eigenvalue weighted by molar-refractivity contribution is 5.82. The molecule has 0 bridgehead atoms. The Hall–Kier alpha value is -1.24. The van der Waals surface area contributed by atoms with Crippen LogP contribution in [0.3, 0.4) is 0 Å². The summed E-state index contributed by atoms with van der Waals surface area (Å²) in [5, 5.41) is 1.32. The Morgan fingerprint density at radius 2 is 2.17 bits per heavy atom. The summed E-state index contributed by atoms with van der Waals surface area (Å²) in [4.78, 5) is 3.27. The Balaban J connectivity index is 2.57. The molecule has 0 aliphatic carbocycles. The summed E-state index contributed by atoms with van der Waals surface area (Å²) in [7, 11) is 0. The molecular weight excluding hydrogens is 146 g/mol. The van der Waals surface area contributed by atoms with Crippen molar-refractivity contribution in [1.29, 1.82) is 0 Å². The first-order valence-electron chi connectivity index (χ1n) is 4.47. The quantitative estimate of drug-likeness (QED) is 0.693. The van der Waals surface area contributed by atoms with Crippen LogP contribution in [0, 0.1) is 0 Å². The molecule has 0 fully saturated rings. The molecule has 0 unspecified atom stereocenters. The van der Waals surface area contributed by atoms with E-state index in [1.807, 2.05) is 6.20 Å². The van der Waals surface area contributed by atoms with Crippen LogP contribution in [-0.2, 0) is 6.42 Å². The van der Waals surface area contributed by atoms with Gasteiger partial charge in [0, 0.05) is 11.7 Å². The molecule has 0 saturated carbocycles. The predicted molar refractivity (Wildman–Crippen MR) is 52.3 cm³/mol. The van der Waals surface area contributed by atoms with Crippen molar-refractivity contribution in [3.05, 3.63) is 36.0 Å². The average Bonchev–Trinajstić information content (AvgIpc) is 2.53. The van der Waals surface area contributed by atoms with Crippen molar-refractivity contribution < 1.29 is 0 Å². The maximum absolute atomic E-state index is 3.27. The molecule has 0 amide bonds. The number of H-pyrrole nitrogens is 1. The second-order valence-electron chi connectivity index (χ2n) is 3.11. The van der Waals surface area contributed by atoms with E-state index in [0.29, 0.717) is 0 Å². The molecular formula is C11H13N. The van der Waals surface area contributed by atoms with E-state index in [0.717, 1.165) is 6.42 Å². The number of nitrogens with one attached hydrogen (secondary N) is 1. The number of fused-ring (bicyclic) bond motifs is 1. The van der Waals surface area contributed by atoms with Gasteiger partial charge in [0.05, 0.1) is 0 Å². The molecule has 1 aromatic heterocycles. The smallest absolute Gasteiger partial charge is 0.0486 e. The highest BCUT2D eigenvalue weighted by atomic mass is 14.7. The molecule has 0 atom stereocenters. The molecule has 0 aliphatic rings. The Morgan fingerprint density at radius 3 is 3.00 bits per heavy atom. The molecule has 0 saturated heterocycles. The number of aryl methyl sites for hydroxylation is 1. The number of hydrogen-bond acceptors (Lipinski definition) is 0. The van der Waals surface area contributed by atoms with Gasteiger partial charge in [-0.3, -0.25) is 0 Å². The molecule has 0 spiro atoms. The van der Waals surface area contributed by atoms with Crippen LogP contribution in [0.2, 0.25) is 0 Å². The second-order valence-corrected chi connectivity index (χ2v) is 3.11. The zero-order valence-corrected chi connectivity index (χ0v) is 7.30. The fourth-order valence-electron chi connectivity index (χ4n) is 1.63. The molecule has 62 valence electrons. The average molecular weight is 159 g/mol. The van der Waals surface area contributed by atoms with Crippen molar-refractivity contribution in [2.24, 2.45) is 0 Å². The van der Waals surface area contributed by atoms with E-state index in [-0.39, 0.29) is 0 Å². The molecule has 1 nitrogen and oxygen atoms in total. The summed E-state index contributed by atoms with van der Waals surface area (Å²) in [5.41, 5.74) is 2.74. The van der Waals surface area contributed by atoms with Gasteiger partial charge in [-0.05, 0) is 23.4 Å². The van der Waals surface area contributed by atoms with E-state index in [2.05, 4.69) is 36.2 Å². The first kappa shape index (κ1) is 7.41. The monoisotopic (exact) mass is 159 g/mol. The fraction of sp³-hybridized carbons (Fsp3) is 0.273. The van der Waals surface area contributed by atoms with Gasteiger partial charge in [0.15, 0.2) is 0 Å². The number of aromatic amines is 1. The summed E-state index contributed by atoms with van der Waals surface area (Å²) < 4.78 is 0. The van der Waals surface area contributed by atoms with E-state index >= 15 is 0 Å². The van der Waals surface area contributed by atoms with Crippen LogP contribution in [0.15, 0.2) is 30.5 Å². The molecule has 12 heavy (non-hydrogen) atoms. The van der Waals surface area contributed by atoms with Gasteiger partial charge in [-0.25, -0.2) is 0 Å². The maximum atomic E-state index is 3.27. The van der Waals surface area contributed by atoms with Gasteiger partial charge in [0.25, 0.3) is 0 Å². The summed E-state index contributed by atoms with van der Waals surface area (Å²) in [6.45, 7) is 2.21. The molecule has 0 aliphatic heterocycles. The van der Waals surface area contributed by atoms with Crippen molar-refractivity contribution in [3.63, 3.8) is 0 Å². The number of para-hydroxylation sites is 1. The standard InChI is InChI=1S/C11H13N/c1-2-4-9-5-3-6-10-7-8-12-11(9)10/h3,5-8,12H,2,4H2,1H3. The highest BCUT2D eigenvalue weighted by Crippen LogP contribution is 2.17. The number of aromatic nitrogens is 1. The van der Waals surface area contributed by atoms with Gasteiger partial charge in [0.2, 0.25) is 0 Å². The lowest BCUT2D eigenvalue weighted by Crippen LogP contribution is -1.83. The number of benzene rings is 1. The number of hydrogen-bond donors (Lipinski definition) is 1. The van der Waals surface area contributed by atoms with Crippen LogP contribution >= 0.6 is 0 Å². The Morgan fingerprint density at radius 1 is 1.25 bits per heavy atom. The molecule has 1 N–H and O–H groups in total. The lowest BCUT2D eigenvalue weighted by Gasteiger charge is -1.99. The van der Waals surface area contributed by atoms with Crippen LogP contribution in [0.4, 0.5) is 0 Å². The van der Waals surface area contributed by atoms with Gasteiger partial charge in [-0.2, -0.15) is 0 Å². The SMILES string of the molecule is CCCc1cccc2cc[nH]c12. The molecule has 2 rings (SSSR count). The minimum Gasteiger partial charge on any atom is -0.361 e. The Bertz CT molecular complexity index is 373. The zero-order chi connectivity index (χ0) is 8.39. The summed E-state index contributed by atoms with van der Waals surface area (Å²) in [5.74, 6) is 0. The van der Waals surface area contributed by atoms with Gasteiger partial charge in [0.1, 0.15) is 0 Å².